The molecule has 0 aliphatic rings. The Morgan fingerprint density at radius 2 is 1.57 bits per heavy atom. The predicted molar refractivity (Wildman–Crippen MR) is 80.4 cm³/mol. The molecule has 0 aromatic heterocycles. The average molecular weight is 279 g/mol. The minimum atomic E-state index is 0. The van der Waals surface area contributed by atoms with Crippen LogP contribution in [0.25, 0.3) is 0 Å². The Morgan fingerprint density at radius 1 is 1.00 bits per heavy atom. The van der Waals surface area contributed by atoms with Crippen molar-refractivity contribution in [3.63, 3.8) is 0 Å². The van der Waals surface area contributed by atoms with Gasteiger partial charge in [0.25, 0.3) is 0 Å². The fraction of sp³-hybridized carbons (Fsp3) is 1.00. The van der Waals surface area contributed by atoms with Gasteiger partial charge >= 0.3 is 0 Å². The molecule has 4 unspecified atom stereocenters. The Kier molecular flexibility index (Phi) is 21.5. The molecule has 0 spiro atoms. The van der Waals surface area contributed by atoms with Gasteiger partial charge in [-0.05, 0) is 31.1 Å². The second-order valence-electron chi connectivity index (χ2n) is 3.47. The lowest BCUT2D eigenvalue weighted by molar-refractivity contribution is 0.638. The van der Waals surface area contributed by atoms with Crippen LogP contribution in [-0.2, 0) is 0 Å². The molecule has 0 N–H and O–H groups in total. The number of hydrogen-bond acceptors (Lipinski definition) is 0. The van der Waals surface area contributed by atoms with Crippen molar-refractivity contribution in [1.29, 1.82) is 0 Å². The third-order valence-electron chi connectivity index (χ3n) is 2.55. The SMILES string of the molecule is CCCCCC(PC)C(C)PC.Cl.Cl. The van der Waals surface area contributed by atoms with Gasteiger partial charge in [-0.2, -0.15) is 0 Å². The van der Waals surface area contributed by atoms with Gasteiger partial charge in [0.2, 0.25) is 0 Å². The predicted octanol–water partition coefficient (Wildman–Crippen LogP) is 4.78. The van der Waals surface area contributed by atoms with E-state index >= 15 is 0 Å². The van der Waals surface area contributed by atoms with Crippen molar-refractivity contribution >= 4 is 42.0 Å². The molecule has 0 bridgehead atoms. The fourth-order valence-electron chi connectivity index (χ4n) is 1.46. The molecule has 0 rings (SSSR count). The summed E-state index contributed by atoms with van der Waals surface area (Å²) in [6.07, 6.45) is 5.73. The summed E-state index contributed by atoms with van der Waals surface area (Å²) in [6, 6.07) is 0. The first-order valence-electron chi connectivity index (χ1n) is 5.10. The Morgan fingerprint density at radius 3 is 1.93 bits per heavy atom. The van der Waals surface area contributed by atoms with Crippen LogP contribution in [0.1, 0.15) is 39.5 Å². The number of halogens is 2. The summed E-state index contributed by atoms with van der Waals surface area (Å²) in [6.45, 7) is 9.42. The van der Waals surface area contributed by atoms with Gasteiger partial charge in [-0.3, -0.25) is 0 Å². The summed E-state index contributed by atoms with van der Waals surface area (Å²) in [5.74, 6) is 0. The quantitative estimate of drug-likeness (QED) is 0.464. The smallest absolute Gasteiger partial charge is 0.0176 e. The molecule has 90 valence electrons. The summed E-state index contributed by atoms with van der Waals surface area (Å²) >= 11 is 0. The molecule has 4 atom stereocenters. The molecule has 0 fully saturated rings. The van der Waals surface area contributed by atoms with E-state index in [4.69, 9.17) is 0 Å². The lowest BCUT2D eigenvalue weighted by atomic mass is 10.1. The zero-order chi connectivity index (χ0) is 9.40. The van der Waals surface area contributed by atoms with Crippen LogP contribution in [0.5, 0.6) is 0 Å². The van der Waals surface area contributed by atoms with Gasteiger partial charge < -0.3 is 0 Å². The van der Waals surface area contributed by atoms with Crippen LogP contribution in [-0.4, -0.2) is 24.6 Å². The highest BCUT2D eigenvalue weighted by Gasteiger charge is 2.12. The maximum absolute atomic E-state index is 2.42. The van der Waals surface area contributed by atoms with E-state index in [1.165, 1.54) is 25.7 Å². The molecule has 0 aromatic rings. The summed E-state index contributed by atoms with van der Waals surface area (Å²) < 4.78 is 0. The van der Waals surface area contributed by atoms with Crippen LogP contribution in [0.15, 0.2) is 0 Å². The summed E-state index contributed by atoms with van der Waals surface area (Å²) in [5.41, 5.74) is 2.00. The summed E-state index contributed by atoms with van der Waals surface area (Å²) in [7, 11) is 2.29. The minimum Gasteiger partial charge on any atom is -0.147 e. The van der Waals surface area contributed by atoms with Crippen molar-refractivity contribution in [3.05, 3.63) is 0 Å². The maximum atomic E-state index is 2.42. The Hall–Kier alpha value is 1.44. The number of hydrogen-bond donors (Lipinski definition) is 0. The molecule has 4 heteroatoms. The van der Waals surface area contributed by atoms with Gasteiger partial charge in [0.1, 0.15) is 0 Å². The molecule has 0 aliphatic carbocycles. The minimum absolute atomic E-state index is 0. The average Bonchev–Trinajstić information content (AvgIpc) is 2.11. The van der Waals surface area contributed by atoms with E-state index < -0.39 is 0 Å². The van der Waals surface area contributed by atoms with Gasteiger partial charge in [0, 0.05) is 0 Å². The van der Waals surface area contributed by atoms with E-state index in [2.05, 4.69) is 27.2 Å². The molecular weight excluding hydrogens is 253 g/mol. The zero-order valence-electron chi connectivity index (χ0n) is 9.80. The first-order valence-corrected chi connectivity index (χ1v) is 8.26. The lowest BCUT2D eigenvalue weighted by Gasteiger charge is -2.21. The molecule has 14 heavy (non-hydrogen) atoms. The molecule has 0 amide bonds. The third-order valence-corrected chi connectivity index (χ3v) is 5.73. The van der Waals surface area contributed by atoms with Gasteiger partial charge in [0.15, 0.2) is 0 Å². The van der Waals surface area contributed by atoms with Crippen molar-refractivity contribution in [2.45, 2.75) is 50.8 Å². The van der Waals surface area contributed by atoms with Crippen molar-refractivity contribution in [2.75, 3.05) is 13.3 Å². The molecule has 0 radical (unpaired) electrons. The van der Waals surface area contributed by atoms with Gasteiger partial charge in [-0.1, -0.05) is 33.1 Å². The second kappa shape index (κ2) is 14.4. The maximum Gasteiger partial charge on any atom is -0.0176 e. The monoisotopic (exact) mass is 278 g/mol. The van der Waals surface area contributed by atoms with Crippen LogP contribution in [0.2, 0.25) is 0 Å². The zero-order valence-corrected chi connectivity index (χ0v) is 13.4. The number of unbranched alkanes of at least 4 members (excludes halogenated alkanes) is 2. The molecule has 0 nitrogen and oxygen atoms in total. The first-order chi connectivity index (χ1) is 5.76. The molecular formula is C10H26Cl2P2. The number of rotatable bonds is 7. The van der Waals surface area contributed by atoms with E-state index in [1.54, 1.807) is 0 Å². The normalized spacial score (nSPS) is 15.4. The molecule has 0 heterocycles. The van der Waals surface area contributed by atoms with Crippen molar-refractivity contribution in [3.8, 4) is 0 Å². The van der Waals surface area contributed by atoms with Crippen LogP contribution in [0.4, 0.5) is 0 Å². The van der Waals surface area contributed by atoms with Crippen molar-refractivity contribution in [1.82, 2.24) is 0 Å². The van der Waals surface area contributed by atoms with Gasteiger partial charge in [-0.25, -0.2) is 0 Å². The van der Waals surface area contributed by atoms with Crippen LogP contribution in [0, 0.1) is 0 Å². The first kappa shape index (κ1) is 20.8. The Bertz CT molecular complexity index is 102. The van der Waals surface area contributed by atoms with Gasteiger partial charge in [-0.15, -0.1) is 42.0 Å². The Labute approximate surface area is 106 Å². The molecule has 0 saturated carbocycles. The molecule has 0 saturated heterocycles. The highest BCUT2D eigenvalue weighted by molar-refractivity contribution is 7.42. The van der Waals surface area contributed by atoms with E-state index in [1.807, 2.05) is 0 Å². The van der Waals surface area contributed by atoms with Crippen LogP contribution in [0.3, 0.4) is 0 Å². The van der Waals surface area contributed by atoms with E-state index in [0.717, 1.165) is 28.5 Å². The topological polar surface area (TPSA) is 0 Å². The second-order valence-corrected chi connectivity index (χ2v) is 6.28. The molecule has 0 aliphatic heterocycles. The highest BCUT2D eigenvalue weighted by Crippen LogP contribution is 2.32. The van der Waals surface area contributed by atoms with Crippen LogP contribution >= 0.6 is 42.0 Å². The lowest BCUT2D eigenvalue weighted by Crippen LogP contribution is -2.13. The standard InChI is InChI=1S/C10H24P2.2ClH/c1-5-6-7-8-10(12-4)9(2)11-3;;/h9-12H,5-8H2,1-4H3;2*1H. The van der Waals surface area contributed by atoms with Crippen molar-refractivity contribution < 1.29 is 0 Å². The highest BCUT2D eigenvalue weighted by atomic mass is 35.5. The third kappa shape index (κ3) is 9.97. The van der Waals surface area contributed by atoms with E-state index in [9.17, 15) is 0 Å². The summed E-state index contributed by atoms with van der Waals surface area (Å²) in [5, 5.41) is 0. The van der Waals surface area contributed by atoms with Crippen molar-refractivity contribution in [2.24, 2.45) is 0 Å². The Balaban J connectivity index is -0.000000605. The molecule has 0 aromatic carbocycles. The summed E-state index contributed by atoms with van der Waals surface area (Å²) in [4.78, 5) is 0. The fourth-order valence-corrected chi connectivity index (χ4v) is 4.02. The largest absolute Gasteiger partial charge is 0.147 e. The van der Waals surface area contributed by atoms with E-state index in [0.29, 0.717) is 0 Å². The van der Waals surface area contributed by atoms with Crippen LogP contribution < -0.4 is 0 Å². The van der Waals surface area contributed by atoms with E-state index in [-0.39, 0.29) is 24.8 Å². The van der Waals surface area contributed by atoms with Gasteiger partial charge in [0.05, 0.1) is 0 Å².